The van der Waals surface area contributed by atoms with Crippen LogP contribution in [-0.4, -0.2) is 0 Å². The number of hydrogen-bond donors (Lipinski definition) is 0. The molecule has 0 bridgehead atoms. The second kappa shape index (κ2) is 5.07. The van der Waals surface area contributed by atoms with Crippen molar-refractivity contribution >= 4 is 37.5 Å². The summed E-state index contributed by atoms with van der Waals surface area (Å²) in [6.07, 6.45) is 0. The molecule has 3 rings (SSSR count). The van der Waals surface area contributed by atoms with Gasteiger partial charge in [0.15, 0.2) is 5.43 Å². The highest BCUT2D eigenvalue weighted by molar-refractivity contribution is 9.08. The van der Waals surface area contributed by atoms with E-state index in [0.29, 0.717) is 27.1 Å². The molecular weight excluding hydrogens is 314 g/mol. The third kappa shape index (κ3) is 1.99. The number of rotatable bonds is 1. The minimum atomic E-state index is -0.0294. The number of fused-ring (bicyclic) bond motifs is 2. The van der Waals surface area contributed by atoms with Crippen LogP contribution in [0.2, 0.25) is 0 Å². The fraction of sp³-hybridized carbons (Fsp3) is 0.0588. The molecule has 0 aliphatic heterocycles. The maximum absolute atomic E-state index is 12.6. The largest absolute Gasteiger partial charge is 0.289 e. The van der Waals surface area contributed by atoms with Crippen LogP contribution < -0.4 is 5.43 Å². The highest BCUT2D eigenvalue weighted by Gasteiger charge is 2.07. The van der Waals surface area contributed by atoms with E-state index in [9.17, 15) is 10.1 Å². The first kappa shape index (κ1) is 12.8. The molecule has 0 unspecified atom stereocenters. The van der Waals surface area contributed by atoms with E-state index in [-0.39, 0.29) is 5.43 Å². The van der Waals surface area contributed by atoms with E-state index in [1.807, 2.05) is 36.4 Å². The zero-order valence-electron chi connectivity index (χ0n) is 10.6. The first-order valence-electron chi connectivity index (χ1n) is 6.19. The van der Waals surface area contributed by atoms with Crippen LogP contribution in [0.1, 0.15) is 11.1 Å². The molecule has 20 heavy (non-hydrogen) atoms. The highest BCUT2D eigenvalue weighted by Crippen LogP contribution is 2.21. The number of hydrogen-bond acceptors (Lipinski definition) is 2. The van der Waals surface area contributed by atoms with Crippen LogP contribution in [0.4, 0.5) is 0 Å². The summed E-state index contributed by atoms with van der Waals surface area (Å²) in [6.45, 7) is 0. The van der Waals surface area contributed by atoms with Gasteiger partial charge in [-0.2, -0.15) is 5.26 Å². The Morgan fingerprint density at radius 2 is 1.80 bits per heavy atom. The van der Waals surface area contributed by atoms with Gasteiger partial charge in [0.25, 0.3) is 0 Å². The Kier molecular flexibility index (Phi) is 3.25. The maximum Gasteiger partial charge on any atom is 0.194 e. The number of halogens is 1. The molecule has 3 heteroatoms. The maximum atomic E-state index is 12.6. The average Bonchev–Trinajstić information content (AvgIpc) is 2.62. The summed E-state index contributed by atoms with van der Waals surface area (Å²) in [6, 6.07) is 17.0. The summed E-state index contributed by atoms with van der Waals surface area (Å²) in [5, 5.41) is 12.8. The lowest BCUT2D eigenvalue weighted by molar-refractivity contribution is 1.46. The molecule has 2 nitrogen and oxygen atoms in total. The fourth-order valence-corrected chi connectivity index (χ4v) is 2.74. The third-order valence-electron chi connectivity index (χ3n) is 3.40. The molecule has 3 aromatic rings. The summed E-state index contributed by atoms with van der Waals surface area (Å²) in [7, 11) is 0. The van der Waals surface area contributed by atoms with Crippen molar-refractivity contribution in [3.05, 3.63) is 69.9 Å². The zero-order valence-corrected chi connectivity index (χ0v) is 12.1. The molecule has 0 heterocycles. The molecule has 0 fully saturated rings. The second-order valence-electron chi connectivity index (χ2n) is 4.60. The molecule has 96 valence electrons. The lowest BCUT2D eigenvalue weighted by atomic mass is 10.1. The molecule has 0 atom stereocenters. The fourth-order valence-electron chi connectivity index (χ4n) is 2.40. The number of alkyl halides is 1. The highest BCUT2D eigenvalue weighted by atomic mass is 79.9. The predicted octanol–water partition coefficient (Wildman–Crippen LogP) is 4.12. The Balaban J connectivity index is 2.64. The first-order valence-corrected chi connectivity index (χ1v) is 7.31. The topological polar surface area (TPSA) is 40.9 Å². The van der Waals surface area contributed by atoms with Gasteiger partial charge in [0.2, 0.25) is 0 Å². The van der Waals surface area contributed by atoms with Gasteiger partial charge in [0.1, 0.15) is 0 Å². The summed E-state index contributed by atoms with van der Waals surface area (Å²) in [5.41, 5.74) is 1.54. The van der Waals surface area contributed by atoms with E-state index in [0.717, 1.165) is 10.9 Å². The molecule has 0 aliphatic carbocycles. The molecule has 0 amide bonds. The Bertz CT molecular complexity index is 925. The Morgan fingerprint density at radius 1 is 1.00 bits per heavy atom. The third-order valence-corrected chi connectivity index (χ3v) is 4.05. The SMILES string of the molecule is N#Cc1cc2ccccc2c(=O)c2ccc(CBr)cc12. The van der Waals surface area contributed by atoms with Gasteiger partial charge in [-0.05, 0) is 23.1 Å². The minimum Gasteiger partial charge on any atom is -0.289 e. The Hall–Kier alpha value is -2.18. The van der Waals surface area contributed by atoms with Gasteiger partial charge in [0.05, 0.1) is 11.6 Å². The smallest absolute Gasteiger partial charge is 0.194 e. The van der Waals surface area contributed by atoms with Gasteiger partial charge in [-0.25, -0.2) is 0 Å². The van der Waals surface area contributed by atoms with Crippen LogP contribution in [0, 0.1) is 11.3 Å². The van der Waals surface area contributed by atoms with Gasteiger partial charge in [-0.1, -0.05) is 52.3 Å². The molecule has 0 saturated carbocycles. The van der Waals surface area contributed by atoms with Crippen molar-refractivity contribution in [2.45, 2.75) is 5.33 Å². The van der Waals surface area contributed by atoms with Crippen LogP contribution in [-0.2, 0) is 5.33 Å². The quantitative estimate of drug-likeness (QED) is 0.632. The van der Waals surface area contributed by atoms with E-state index in [1.165, 1.54) is 0 Å². The zero-order chi connectivity index (χ0) is 14.1. The van der Waals surface area contributed by atoms with Crippen LogP contribution in [0.3, 0.4) is 0 Å². The van der Waals surface area contributed by atoms with Gasteiger partial charge >= 0.3 is 0 Å². The van der Waals surface area contributed by atoms with Crippen molar-refractivity contribution in [1.29, 1.82) is 5.26 Å². The minimum absolute atomic E-state index is 0.0294. The van der Waals surface area contributed by atoms with Crippen molar-refractivity contribution < 1.29 is 0 Å². The normalized spacial score (nSPS) is 10.6. The van der Waals surface area contributed by atoms with Crippen LogP contribution in [0.15, 0.2) is 53.3 Å². The lowest BCUT2D eigenvalue weighted by Gasteiger charge is -1.98. The van der Waals surface area contributed by atoms with Crippen LogP contribution >= 0.6 is 15.9 Å². The van der Waals surface area contributed by atoms with Gasteiger partial charge in [-0.3, -0.25) is 4.79 Å². The van der Waals surface area contributed by atoms with Crippen LogP contribution in [0.5, 0.6) is 0 Å². The van der Waals surface area contributed by atoms with Crippen molar-refractivity contribution in [3.63, 3.8) is 0 Å². The van der Waals surface area contributed by atoms with Crippen molar-refractivity contribution in [1.82, 2.24) is 0 Å². The average molecular weight is 324 g/mol. The van der Waals surface area contributed by atoms with Crippen molar-refractivity contribution in [2.24, 2.45) is 0 Å². The standard InChI is InChI=1S/C17H10BrNO/c18-9-11-5-6-15-16(7-11)13(10-19)8-12-3-1-2-4-14(12)17(15)20/h1-8H,9H2. The Labute approximate surface area is 124 Å². The molecule has 0 aliphatic rings. The van der Waals surface area contributed by atoms with Gasteiger partial charge < -0.3 is 0 Å². The molecular formula is C17H10BrNO. The lowest BCUT2D eigenvalue weighted by Crippen LogP contribution is -1.98. The summed E-state index contributed by atoms with van der Waals surface area (Å²) >= 11 is 3.40. The predicted molar refractivity (Wildman–Crippen MR) is 85.1 cm³/mol. The van der Waals surface area contributed by atoms with E-state index in [4.69, 9.17) is 0 Å². The molecule has 0 spiro atoms. The van der Waals surface area contributed by atoms with E-state index < -0.39 is 0 Å². The monoisotopic (exact) mass is 323 g/mol. The van der Waals surface area contributed by atoms with Gasteiger partial charge in [0, 0.05) is 21.5 Å². The van der Waals surface area contributed by atoms with E-state index in [2.05, 4.69) is 22.0 Å². The summed E-state index contributed by atoms with van der Waals surface area (Å²) in [5.74, 6) is 0. The number of nitrogens with zero attached hydrogens (tertiary/aromatic N) is 1. The Morgan fingerprint density at radius 3 is 2.55 bits per heavy atom. The van der Waals surface area contributed by atoms with Crippen molar-refractivity contribution in [2.75, 3.05) is 0 Å². The number of nitriles is 1. The summed E-state index contributed by atoms with van der Waals surface area (Å²) < 4.78 is 0. The van der Waals surface area contributed by atoms with Gasteiger partial charge in [-0.15, -0.1) is 0 Å². The molecule has 0 saturated heterocycles. The molecule has 0 aromatic heterocycles. The first-order chi connectivity index (χ1) is 9.74. The molecule has 0 radical (unpaired) electrons. The summed E-state index contributed by atoms with van der Waals surface area (Å²) in [4.78, 5) is 12.6. The molecule has 3 aromatic carbocycles. The van der Waals surface area contributed by atoms with Crippen LogP contribution in [0.25, 0.3) is 21.5 Å². The number of benzene rings is 2. The second-order valence-corrected chi connectivity index (χ2v) is 5.16. The van der Waals surface area contributed by atoms with E-state index in [1.54, 1.807) is 12.1 Å². The van der Waals surface area contributed by atoms with E-state index >= 15 is 0 Å². The molecule has 0 N–H and O–H groups in total. The van der Waals surface area contributed by atoms with Crippen molar-refractivity contribution in [3.8, 4) is 6.07 Å².